The first kappa shape index (κ1) is 24.2. The number of halogens is 1. The summed E-state index contributed by atoms with van der Waals surface area (Å²) >= 11 is 0. The first-order chi connectivity index (χ1) is 14.0. The summed E-state index contributed by atoms with van der Waals surface area (Å²) in [5.74, 6) is 0.863. The van der Waals surface area contributed by atoms with Crippen molar-refractivity contribution in [2.24, 2.45) is 4.99 Å². The molecule has 0 aliphatic carbocycles. The zero-order valence-corrected chi connectivity index (χ0v) is 20.2. The highest BCUT2D eigenvalue weighted by Gasteiger charge is 2.21. The van der Waals surface area contributed by atoms with Crippen molar-refractivity contribution in [3.05, 3.63) is 54.0 Å². The summed E-state index contributed by atoms with van der Waals surface area (Å²) in [7, 11) is 1.80. The number of aliphatic imine (C=N–C) groups is 1. The molecule has 8 heteroatoms. The van der Waals surface area contributed by atoms with Crippen LogP contribution in [-0.4, -0.2) is 49.0 Å². The number of carbonyl (C=O) groups is 1. The number of benzene rings is 1. The highest BCUT2D eigenvalue weighted by Crippen LogP contribution is 2.14. The third kappa shape index (κ3) is 7.02. The Hall–Kier alpha value is -2.07. The van der Waals surface area contributed by atoms with Gasteiger partial charge >= 0.3 is 0 Å². The van der Waals surface area contributed by atoms with E-state index in [4.69, 9.17) is 4.42 Å². The van der Waals surface area contributed by atoms with Crippen molar-refractivity contribution in [2.75, 3.05) is 25.5 Å². The first-order valence-electron chi connectivity index (χ1n) is 10.2. The van der Waals surface area contributed by atoms with Gasteiger partial charge in [-0.1, -0.05) is 12.1 Å². The monoisotopic (exact) mass is 525 g/mol. The number of rotatable bonds is 6. The Morgan fingerprint density at radius 2 is 1.90 bits per heavy atom. The van der Waals surface area contributed by atoms with Crippen molar-refractivity contribution in [1.29, 1.82) is 0 Å². The second-order valence-electron chi connectivity index (χ2n) is 7.60. The highest BCUT2D eigenvalue weighted by molar-refractivity contribution is 14.0. The number of amides is 1. The lowest BCUT2D eigenvalue weighted by atomic mass is 10.0. The normalized spacial score (nSPS) is 15.5. The third-order valence-electron chi connectivity index (χ3n) is 5.24. The Morgan fingerprint density at radius 1 is 1.20 bits per heavy atom. The molecule has 3 rings (SSSR count). The topological polar surface area (TPSA) is 81.9 Å². The molecule has 0 unspecified atom stereocenters. The van der Waals surface area contributed by atoms with Crippen LogP contribution in [0.25, 0.3) is 0 Å². The van der Waals surface area contributed by atoms with E-state index in [1.54, 1.807) is 19.2 Å². The fourth-order valence-corrected chi connectivity index (χ4v) is 3.44. The summed E-state index contributed by atoms with van der Waals surface area (Å²) in [5, 5.41) is 9.73. The van der Waals surface area contributed by atoms with Crippen LogP contribution in [0.5, 0.6) is 0 Å². The molecular weight excluding hydrogens is 493 g/mol. The molecule has 2 aromatic rings. The molecule has 1 saturated heterocycles. The Balaban J connectivity index is 0.00000320. The molecule has 1 aliphatic rings. The summed E-state index contributed by atoms with van der Waals surface area (Å²) in [6, 6.07) is 12.1. The van der Waals surface area contributed by atoms with E-state index in [0.717, 1.165) is 43.1 Å². The van der Waals surface area contributed by atoms with Crippen LogP contribution in [0.3, 0.4) is 0 Å². The van der Waals surface area contributed by atoms with Gasteiger partial charge in [0.05, 0.1) is 6.26 Å². The smallest absolute Gasteiger partial charge is 0.291 e. The van der Waals surface area contributed by atoms with Gasteiger partial charge in [-0.05, 0) is 56.5 Å². The van der Waals surface area contributed by atoms with Gasteiger partial charge in [-0.2, -0.15) is 0 Å². The van der Waals surface area contributed by atoms with Gasteiger partial charge < -0.3 is 25.3 Å². The number of nitrogens with one attached hydrogen (secondary N) is 3. The van der Waals surface area contributed by atoms with Crippen molar-refractivity contribution in [3.63, 3.8) is 0 Å². The van der Waals surface area contributed by atoms with Crippen molar-refractivity contribution < 1.29 is 9.21 Å². The molecule has 0 spiro atoms. The maximum absolute atomic E-state index is 12.0. The standard InChI is InChI=1S/C22H31N5O2.HI/c1-16(2)27-12-10-19(11-13-27)26-22(23-3)24-15-17-6-8-18(9-7-17)25-21(28)20-5-4-14-29-20;/h4-9,14,16,19H,10-13,15H2,1-3H3,(H,25,28)(H2,23,24,26);1H. The van der Waals surface area contributed by atoms with E-state index >= 15 is 0 Å². The molecule has 1 aromatic carbocycles. The zero-order chi connectivity index (χ0) is 20.6. The largest absolute Gasteiger partial charge is 0.459 e. The van der Waals surface area contributed by atoms with Gasteiger partial charge in [-0.15, -0.1) is 24.0 Å². The fourth-order valence-electron chi connectivity index (χ4n) is 3.44. The Labute approximate surface area is 195 Å². The average molecular weight is 525 g/mol. The summed E-state index contributed by atoms with van der Waals surface area (Å²) in [4.78, 5) is 18.9. The number of anilines is 1. The first-order valence-corrected chi connectivity index (χ1v) is 10.2. The van der Waals surface area contributed by atoms with Crippen LogP contribution >= 0.6 is 24.0 Å². The van der Waals surface area contributed by atoms with Crippen molar-refractivity contribution in [3.8, 4) is 0 Å². The predicted octanol–water partition coefficient (Wildman–Crippen LogP) is 3.69. The minimum Gasteiger partial charge on any atom is -0.459 e. The maximum atomic E-state index is 12.0. The minimum atomic E-state index is -0.256. The molecule has 2 heterocycles. The van der Waals surface area contributed by atoms with E-state index in [0.29, 0.717) is 24.4 Å². The molecule has 1 fully saturated rings. The Bertz CT molecular complexity index is 797. The second kappa shape index (κ2) is 11.9. The number of likely N-dealkylation sites (tertiary alicyclic amines) is 1. The molecule has 0 saturated carbocycles. The molecule has 7 nitrogen and oxygen atoms in total. The zero-order valence-electron chi connectivity index (χ0n) is 17.9. The van der Waals surface area contributed by atoms with Crippen LogP contribution in [0.1, 0.15) is 42.8 Å². The molecule has 1 amide bonds. The van der Waals surface area contributed by atoms with E-state index in [1.807, 2.05) is 24.3 Å². The molecular formula is C22H32IN5O2. The molecule has 164 valence electrons. The lowest BCUT2D eigenvalue weighted by Crippen LogP contribution is -2.49. The number of nitrogens with zero attached hydrogens (tertiary/aromatic N) is 2. The number of hydrogen-bond acceptors (Lipinski definition) is 4. The van der Waals surface area contributed by atoms with E-state index in [9.17, 15) is 4.79 Å². The van der Waals surface area contributed by atoms with Crippen LogP contribution in [-0.2, 0) is 6.54 Å². The molecule has 1 aromatic heterocycles. The lowest BCUT2D eigenvalue weighted by molar-refractivity contribution is 0.0996. The fraction of sp³-hybridized carbons (Fsp3) is 0.455. The second-order valence-corrected chi connectivity index (χ2v) is 7.60. The summed E-state index contributed by atoms with van der Waals surface area (Å²) in [5.41, 5.74) is 1.84. The average Bonchev–Trinajstić information content (AvgIpc) is 3.27. The van der Waals surface area contributed by atoms with Gasteiger partial charge in [0.15, 0.2) is 11.7 Å². The Morgan fingerprint density at radius 3 is 2.47 bits per heavy atom. The minimum absolute atomic E-state index is 0. The lowest BCUT2D eigenvalue weighted by Gasteiger charge is -2.35. The van der Waals surface area contributed by atoms with Crippen LogP contribution in [0, 0.1) is 0 Å². The van der Waals surface area contributed by atoms with Gasteiger partial charge in [-0.25, -0.2) is 0 Å². The maximum Gasteiger partial charge on any atom is 0.291 e. The quantitative estimate of drug-likeness (QED) is 0.305. The van der Waals surface area contributed by atoms with E-state index in [-0.39, 0.29) is 29.9 Å². The van der Waals surface area contributed by atoms with Crippen LogP contribution < -0.4 is 16.0 Å². The van der Waals surface area contributed by atoms with E-state index < -0.39 is 0 Å². The molecule has 1 aliphatic heterocycles. The Kier molecular flexibility index (Phi) is 9.64. The van der Waals surface area contributed by atoms with Gasteiger partial charge in [-0.3, -0.25) is 9.79 Å². The summed E-state index contributed by atoms with van der Waals surface area (Å²) < 4.78 is 5.10. The number of guanidine groups is 1. The number of furan rings is 1. The molecule has 0 bridgehead atoms. The molecule has 0 atom stereocenters. The van der Waals surface area contributed by atoms with Gasteiger partial charge in [0.2, 0.25) is 0 Å². The van der Waals surface area contributed by atoms with Gasteiger partial charge in [0, 0.05) is 44.5 Å². The summed E-state index contributed by atoms with van der Waals surface area (Å²) in [6.45, 7) is 7.41. The predicted molar refractivity (Wildman–Crippen MR) is 132 cm³/mol. The summed E-state index contributed by atoms with van der Waals surface area (Å²) in [6.07, 6.45) is 3.74. The molecule has 30 heavy (non-hydrogen) atoms. The third-order valence-corrected chi connectivity index (χ3v) is 5.24. The molecule has 0 radical (unpaired) electrons. The van der Waals surface area contributed by atoms with Crippen molar-refractivity contribution >= 4 is 41.5 Å². The van der Waals surface area contributed by atoms with Crippen molar-refractivity contribution in [1.82, 2.24) is 15.5 Å². The highest BCUT2D eigenvalue weighted by atomic mass is 127. The van der Waals surface area contributed by atoms with Crippen molar-refractivity contribution in [2.45, 2.75) is 45.3 Å². The number of hydrogen-bond donors (Lipinski definition) is 3. The van der Waals surface area contributed by atoms with E-state index in [2.05, 4.69) is 39.7 Å². The van der Waals surface area contributed by atoms with Gasteiger partial charge in [0.25, 0.3) is 5.91 Å². The van der Waals surface area contributed by atoms with Crippen LogP contribution in [0.2, 0.25) is 0 Å². The van der Waals surface area contributed by atoms with Crippen LogP contribution in [0.15, 0.2) is 52.1 Å². The number of carbonyl (C=O) groups excluding carboxylic acids is 1. The number of piperidine rings is 1. The van der Waals surface area contributed by atoms with Gasteiger partial charge in [0.1, 0.15) is 0 Å². The SMILES string of the molecule is CN=C(NCc1ccc(NC(=O)c2ccco2)cc1)NC1CCN(C(C)C)CC1.I. The molecule has 3 N–H and O–H groups in total. The van der Waals surface area contributed by atoms with E-state index in [1.165, 1.54) is 6.26 Å². The van der Waals surface area contributed by atoms with Crippen LogP contribution in [0.4, 0.5) is 5.69 Å².